The zero-order chi connectivity index (χ0) is 12.9. The largest absolute Gasteiger partial charge is 0.372 e. The van der Waals surface area contributed by atoms with E-state index in [2.05, 4.69) is 24.2 Å². The second-order valence-corrected chi connectivity index (χ2v) is 5.20. The van der Waals surface area contributed by atoms with Crippen molar-refractivity contribution in [1.29, 1.82) is 0 Å². The lowest BCUT2D eigenvalue weighted by Crippen LogP contribution is -2.30. The molecule has 0 saturated heterocycles. The van der Waals surface area contributed by atoms with Gasteiger partial charge in [0.05, 0.1) is 11.3 Å². The van der Waals surface area contributed by atoms with Crippen LogP contribution < -0.4 is 10.2 Å². The topological polar surface area (TPSA) is 49.4 Å². The van der Waals surface area contributed by atoms with Crippen molar-refractivity contribution in [2.45, 2.75) is 25.8 Å². The molecule has 1 saturated carbocycles. The highest BCUT2D eigenvalue weighted by molar-refractivity contribution is 6.51. The van der Waals surface area contributed by atoms with Crippen LogP contribution in [0, 0.1) is 5.92 Å². The fraction of sp³-hybridized carbons (Fsp3) is 0.429. The van der Waals surface area contributed by atoms with Gasteiger partial charge < -0.3 is 10.2 Å². The minimum atomic E-state index is -0.528. The van der Waals surface area contributed by atoms with E-state index in [9.17, 15) is 9.59 Å². The van der Waals surface area contributed by atoms with Gasteiger partial charge in [0, 0.05) is 18.8 Å². The molecule has 0 aromatic heterocycles. The summed E-state index contributed by atoms with van der Waals surface area (Å²) < 4.78 is 0. The third-order valence-corrected chi connectivity index (χ3v) is 4.02. The van der Waals surface area contributed by atoms with Crippen LogP contribution in [0.25, 0.3) is 0 Å². The van der Waals surface area contributed by atoms with E-state index in [0.717, 1.165) is 11.6 Å². The number of fused-ring (bicyclic) bond motifs is 1. The molecule has 1 heterocycles. The minimum absolute atomic E-state index is 0.436. The fourth-order valence-electron chi connectivity index (χ4n) is 2.48. The smallest absolute Gasteiger partial charge is 0.296 e. The van der Waals surface area contributed by atoms with Gasteiger partial charge in [-0.1, -0.05) is 0 Å². The number of ketones is 1. The number of nitrogens with zero attached hydrogens (tertiary/aromatic N) is 1. The van der Waals surface area contributed by atoms with Crippen LogP contribution in [-0.2, 0) is 4.79 Å². The third kappa shape index (κ3) is 1.68. The molecule has 2 aliphatic rings. The first-order chi connectivity index (χ1) is 8.58. The third-order valence-electron chi connectivity index (χ3n) is 4.02. The maximum atomic E-state index is 11.5. The molecular weight excluding hydrogens is 228 g/mol. The first-order valence-corrected chi connectivity index (χ1v) is 6.30. The van der Waals surface area contributed by atoms with E-state index in [1.165, 1.54) is 12.8 Å². The molecule has 1 aromatic carbocycles. The van der Waals surface area contributed by atoms with Crippen LogP contribution in [0.15, 0.2) is 18.2 Å². The van der Waals surface area contributed by atoms with E-state index in [-0.39, 0.29) is 0 Å². The monoisotopic (exact) mass is 244 g/mol. The zero-order valence-electron chi connectivity index (χ0n) is 10.6. The Kier molecular flexibility index (Phi) is 2.40. The highest BCUT2D eigenvalue weighted by Gasteiger charge is 2.32. The van der Waals surface area contributed by atoms with Crippen LogP contribution in [0.2, 0.25) is 0 Å². The van der Waals surface area contributed by atoms with Crippen LogP contribution in [0.1, 0.15) is 30.1 Å². The molecule has 1 aliphatic carbocycles. The lowest BCUT2D eigenvalue weighted by molar-refractivity contribution is -0.112. The molecular formula is C14H16N2O2. The standard InChI is InChI=1S/C14H16N2O2/c1-8(9-3-4-9)16(2)10-5-6-11-12(7-10)15-14(18)13(11)17/h5-9H,3-4H2,1-2H3,(H,15,17,18). The lowest BCUT2D eigenvalue weighted by atomic mass is 10.1. The Labute approximate surface area is 106 Å². The van der Waals surface area contributed by atoms with Gasteiger partial charge in [-0.2, -0.15) is 0 Å². The van der Waals surface area contributed by atoms with Crippen LogP contribution in [0.4, 0.5) is 11.4 Å². The van der Waals surface area contributed by atoms with E-state index in [1.54, 1.807) is 6.07 Å². The second kappa shape index (κ2) is 3.83. The number of hydrogen-bond acceptors (Lipinski definition) is 3. The number of nitrogens with one attached hydrogen (secondary N) is 1. The number of anilines is 2. The van der Waals surface area contributed by atoms with Crippen LogP contribution in [0.3, 0.4) is 0 Å². The molecule has 1 amide bonds. The molecule has 0 spiro atoms. The molecule has 1 fully saturated rings. The van der Waals surface area contributed by atoms with Gasteiger partial charge in [0.1, 0.15) is 0 Å². The number of amides is 1. The van der Waals surface area contributed by atoms with E-state index < -0.39 is 11.7 Å². The van der Waals surface area contributed by atoms with E-state index in [1.807, 2.05) is 12.1 Å². The molecule has 1 atom stereocenters. The van der Waals surface area contributed by atoms with Crippen molar-refractivity contribution in [1.82, 2.24) is 0 Å². The molecule has 94 valence electrons. The molecule has 1 aliphatic heterocycles. The van der Waals surface area contributed by atoms with Crippen molar-refractivity contribution in [3.8, 4) is 0 Å². The number of benzene rings is 1. The summed E-state index contributed by atoms with van der Waals surface area (Å²) in [7, 11) is 2.06. The Balaban J connectivity index is 1.89. The molecule has 1 N–H and O–H groups in total. The number of carbonyl (C=O) groups is 2. The van der Waals surface area contributed by atoms with Crippen molar-refractivity contribution in [2.75, 3.05) is 17.3 Å². The Morgan fingerprint density at radius 2 is 2.06 bits per heavy atom. The quantitative estimate of drug-likeness (QED) is 0.828. The van der Waals surface area contributed by atoms with Gasteiger partial charge in [-0.25, -0.2) is 0 Å². The summed E-state index contributed by atoms with van der Waals surface area (Å²) in [5.74, 6) is -0.186. The minimum Gasteiger partial charge on any atom is -0.372 e. The van der Waals surface area contributed by atoms with Crippen LogP contribution in [0.5, 0.6) is 0 Å². The molecule has 1 unspecified atom stereocenters. The van der Waals surface area contributed by atoms with Crippen molar-refractivity contribution >= 4 is 23.1 Å². The summed E-state index contributed by atoms with van der Waals surface area (Å²) in [6, 6.07) is 6.03. The van der Waals surface area contributed by atoms with E-state index in [4.69, 9.17) is 0 Å². The summed E-state index contributed by atoms with van der Waals surface area (Å²) in [5.41, 5.74) is 2.16. The fourth-order valence-corrected chi connectivity index (χ4v) is 2.48. The SMILES string of the molecule is CC(C1CC1)N(C)c1ccc2c(c1)NC(=O)C2=O. The van der Waals surface area contributed by atoms with Gasteiger partial charge in [-0.3, -0.25) is 9.59 Å². The first-order valence-electron chi connectivity index (χ1n) is 6.30. The summed E-state index contributed by atoms with van der Waals surface area (Å²) >= 11 is 0. The van der Waals surface area contributed by atoms with Crippen LogP contribution >= 0.6 is 0 Å². The zero-order valence-corrected chi connectivity index (χ0v) is 10.6. The Morgan fingerprint density at radius 3 is 2.72 bits per heavy atom. The van der Waals surface area contributed by atoms with Gasteiger partial charge >= 0.3 is 0 Å². The van der Waals surface area contributed by atoms with E-state index >= 15 is 0 Å². The summed E-state index contributed by atoms with van der Waals surface area (Å²) in [4.78, 5) is 25.0. The van der Waals surface area contributed by atoms with Gasteiger partial charge in [0.25, 0.3) is 11.7 Å². The van der Waals surface area contributed by atoms with Crippen molar-refractivity contribution in [2.24, 2.45) is 5.92 Å². The highest BCUT2D eigenvalue weighted by Crippen LogP contribution is 2.37. The van der Waals surface area contributed by atoms with Crippen molar-refractivity contribution < 1.29 is 9.59 Å². The average Bonchev–Trinajstić information content (AvgIpc) is 3.16. The van der Waals surface area contributed by atoms with Gasteiger partial charge in [-0.05, 0) is 43.9 Å². The maximum Gasteiger partial charge on any atom is 0.296 e. The second-order valence-electron chi connectivity index (χ2n) is 5.20. The average molecular weight is 244 g/mol. The summed E-state index contributed by atoms with van der Waals surface area (Å²) in [5, 5.41) is 2.61. The van der Waals surface area contributed by atoms with Crippen LogP contribution in [-0.4, -0.2) is 24.8 Å². The number of carbonyl (C=O) groups excluding carboxylic acids is 2. The maximum absolute atomic E-state index is 11.5. The number of rotatable bonds is 3. The normalized spacial score (nSPS) is 19.4. The highest BCUT2D eigenvalue weighted by atomic mass is 16.2. The Bertz CT molecular complexity index is 535. The summed E-state index contributed by atoms with van der Waals surface area (Å²) in [6.45, 7) is 2.22. The Morgan fingerprint density at radius 1 is 1.33 bits per heavy atom. The van der Waals surface area contributed by atoms with Gasteiger partial charge in [0.15, 0.2) is 0 Å². The van der Waals surface area contributed by atoms with E-state index in [0.29, 0.717) is 17.3 Å². The predicted octanol–water partition coefficient (Wildman–Crippen LogP) is 2.06. The summed E-state index contributed by atoms with van der Waals surface area (Å²) in [6.07, 6.45) is 2.59. The van der Waals surface area contributed by atoms with Crippen molar-refractivity contribution in [3.63, 3.8) is 0 Å². The molecule has 0 bridgehead atoms. The van der Waals surface area contributed by atoms with Gasteiger partial charge in [0.2, 0.25) is 0 Å². The molecule has 3 rings (SSSR count). The van der Waals surface area contributed by atoms with Gasteiger partial charge in [-0.15, -0.1) is 0 Å². The molecule has 0 radical (unpaired) electrons. The van der Waals surface area contributed by atoms with Crippen molar-refractivity contribution in [3.05, 3.63) is 23.8 Å². The molecule has 1 aromatic rings. The molecule has 4 heteroatoms. The Hall–Kier alpha value is -1.84. The lowest BCUT2D eigenvalue weighted by Gasteiger charge is -2.27. The first kappa shape index (κ1) is 11.3. The number of Topliss-reactive ketones (excluding diaryl/α,β-unsaturated/α-hetero) is 1. The molecule has 18 heavy (non-hydrogen) atoms. The predicted molar refractivity (Wildman–Crippen MR) is 70.0 cm³/mol. The molecule has 4 nitrogen and oxygen atoms in total. The number of hydrogen-bond donors (Lipinski definition) is 1.